The van der Waals surface area contributed by atoms with Crippen LogP contribution in [0.1, 0.15) is 5.56 Å². The monoisotopic (exact) mass is 377 g/mol. The summed E-state index contributed by atoms with van der Waals surface area (Å²) in [6.07, 6.45) is 1.69. The highest BCUT2D eigenvalue weighted by Gasteiger charge is 2.12. The molecular formula is C19H15N5O2S. The number of thioether (sulfide) groups is 1. The maximum atomic E-state index is 12.0. The molecule has 0 aliphatic rings. The van der Waals surface area contributed by atoms with Crippen LogP contribution in [0.25, 0.3) is 17.2 Å². The second-order valence-electron chi connectivity index (χ2n) is 5.62. The highest BCUT2D eigenvalue weighted by Crippen LogP contribution is 2.19. The number of rotatable bonds is 6. The summed E-state index contributed by atoms with van der Waals surface area (Å²) in [7, 11) is 0. The second kappa shape index (κ2) is 7.96. The average molecular weight is 377 g/mol. The molecule has 7 nitrogen and oxygen atoms in total. The molecule has 0 bridgehead atoms. The van der Waals surface area contributed by atoms with Gasteiger partial charge in [-0.25, -0.2) is 0 Å². The van der Waals surface area contributed by atoms with Crippen molar-refractivity contribution in [2.75, 3.05) is 5.75 Å². The van der Waals surface area contributed by atoms with Crippen LogP contribution < -0.4 is 0 Å². The number of nitrogens with zero attached hydrogens (tertiary/aromatic N) is 5. The molecule has 0 radical (unpaired) electrons. The summed E-state index contributed by atoms with van der Waals surface area (Å²) >= 11 is 1.30. The van der Waals surface area contributed by atoms with Crippen molar-refractivity contribution in [2.24, 2.45) is 0 Å². The molecule has 3 aromatic heterocycles. The van der Waals surface area contributed by atoms with E-state index in [1.54, 1.807) is 16.8 Å². The topological polar surface area (TPSA) is 82.3 Å². The van der Waals surface area contributed by atoms with E-state index in [-0.39, 0.29) is 18.3 Å². The van der Waals surface area contributed by atoms with Crippen LogP contribution >= 0.6 is 11.8 Å². The molecule has 0 fully saturated rings. The predicted molar refractivity (Wildman–Crippen MR) is 101 cm³/mol. The largest absolute Gasteiger partial charge is 0.460 e. The van der Waals surface area contributed by atoms with E-state index in [2.05, 4.69) is 20.3 Å². The summed E-state index contributed by atoms with van der Waals surface area (Å²) in [4.78, 5) is 16.3. The zero-order chi connectivity index (χ0) is 18.5. The van der Waals surface area contributed by atoms with Crippen LogP contribution in [0.4, 0.5) is 0 Å². The lowest BCUT2D eigenvalue weighted by molar-refractivity contribution is -0.141. The Hall–Kier alpha value is -3.26. The first-order valence-corrected chi connectivity index (χ1v) is 9.24. The Morgan fingerprint density at radius 2 is 1.85 bits per heavy atom. The van der Waals surface area contributed by atoms with Gasteiger partial charge in [0.05, 0.1) is 5.75 Å². The Morgan fingerprint density at radius 3 is 2.67 bits per heavy atom. The molecule has 4 rings (SSSR count). The van der Waals surface area contributed by atoms with Gasteiger partial charge in [-0.05, 0) is 29.8 Å². The number of benzene rings is 1. The zero-order valence-corrected chi connectivity index (χ0v) is 15.0. The highest BCUT2D eigenvalue weighted by molar-refractivity contribution is 7.99. The third-order valence-corrected chi connectivity index (χ3v) is 4.61. The smallest absolute Gasteiger partial charge is 0.316 e. The maximum Gasteiger partial charge on any atom is 0.316 e. The van der Waals surface area contributed by atoms with Gasteiger partial charge in [0.15, 0.2) is 5.65 Å². The molecule has 0 unspecified atom stereocenters. The molecule has 0 amide bonds. The van der Waals surface area contributed by atoms with Crippen LogP contribution in [0.2, 0.25) is 0 Å². The predicted octanol–water partition coefficient (Wildman–Crippen LogP) is 3.02. The van der Waals surface area contributed by atoms with Gasteiger partial charge in [-0.3, -0.25) is 9.78 Å². The lowest BCUT2D eigenvalue weighted by Gasteiger charge is -2.05. The van der Waals surface area contributed by atoms with Crippen molar-refractivity contribution in [1.82, 2.24) is 24.8 Å². The fourth-order valence-corrected chi connectivity index (χ4v) is 3.07. The second-order valence-corrected chi connectivity index (χ2v) is 6.61. The van der Waals surface area contributed by atoms with E-state index in [0.717, 1.165) is 5.56 Å². The van der Waals surface area contributed by atoms with Gasteiger partial charge in [-0.1, -0.05) is 48.2 Å². The van der Waals surface area contributed by atoms with E-state index >= 15 is 0 Å². The molecule has 4 aromatic rings. The van der Waals surface area contributed by atoms with E-state index in [0.29, 0.717) is 22.2 Å². The van der Waals surface area contributed by atoms with Crippen molar-refractivity contribution in [2.45, 2.75) is 11.6 Å². The van der Waals surface area contributed by atoms with E-state index in [1.807, 2.05) is 54.6 Å². The first-order chi connectivity index (χ1) is 13.3. The fraction of sp³-hybridized carbons (Fsp3) is 0.105. The normalized spacial score (nSPS) is 10.8. The van der Waals surface area contributed by atoms with E-state index in [9.17, 15) is 4.79 Å². The maximum absolute atomic E-state index is 12.0. The van der Waals surface area contributed by atoms with Crippen molar-refractivity contribution in [3.05, 3.63) is 72.4 Å². The number of fused-ring (bicyclic) bond motifs is 1. The lowest BCUT2D eigenvalue weighted by atomic mass is 10.2. The highest BCUT2D eigenvalue weighted by atomic mass is 32.2. The third-order valence-electron chi connectivity index (χ3n) is 3.71. The Labute approximate surface area is 159 Å². The number of hydrogen-bond donors (Lipinski definition) is 0. The van der Waals surface area contributed by atoms with E-state index in [4.69, 9.17) is 4.74 Å². The van der Waals surface area contributed by atoms with Crippen LogP contribution in [0.3, 0.4) is 0 Å². The molecule has 0 aliphatic carbocycles. The van der Waals surface area contributed by atoms with Gasteiger partial charge in [-0.2, -0.15) is 9.61 Å². The van der Waals surface area contributed by atoms with Crippen molar-refractivity contribution in [3.63, 3.8) is 0 Å². The summed E-state index contributed by atoms with van der Waals surface area (Å²) in [5, 5.41) is 13.4. The van der Waals surface area contributed by atoms with Crippen LogP contribution in [0.15, 0.2) is 71.9 Å². The van der Waals surface area contributed by atoms with Gasteiger partial charge < -0.3 is 4.74 Å². The molecule has 8 heteroatoms. The Kier molecular flexibility index (Phi) is 5.06. The van der Waals surface area contributed by atoms with Crippen LogP contribution in [-0.2, 0) is 16.1 Å². The molecule has 134 valence electrons. The van der Waals surface area contributed by atoms with Crippen LogP contribution in [0.5, 0.6) is 0 Å². The van der Waals surface area contributed by atoms with Gasteiger partial charge in [-0.15, -0.1) is 10.2 Å². The van der Waals surface area contributed by atoms with Crippen molar-refractivity contribution in [1.29, 1.82) is 0 Å². The van der Waals surface area contributed by atoms with Gasteiger partial charge in [0.1, 0.15) is 17.3 Å². The molecular weight excluding hydrogens is 362 g/mol. The number of aromatic nitrogens is 5. The Morgan fingerprint density at radius 1 is 1.00 bits per heavy atom. The first kappa shape index (κ1) is 17.2. The minimum Gasteiger partial charge on any atom is -0.460 e. The van der Waals surface area contributed by atoms with E-state index < -0.39 is 0 Å². The average Bonchev–Trinajstić information content (AvgIpc) is 3.15. The third kappa shape index (κ3) is 4.12. The minimum absolute atomic E-state index is 0.173. The number of hydrogen-bond acceptors (Lipinski definition) is 7. The summed E-state index contributed by atoms with van der Waals surface area (Å²) in [6.45, 7) is 0.266. The number of ether oxygens (including phenoxy) is 1. The molecule has 0 saturated heterocycles. The zero-order valence-electron chi connectivity index (χ0n) is 14.2. The fourth-order valence-electron chi connectivity index (χ4n) is 2.42. The first-order valence-electron chi connectivity index (χ1n) is 8.26. The van der Waals surface area contributed by atoms with Crippen molar-refractivity contribution in [3.8, 4) is 11.5 Å². The summed E-state index contributed by atoms with van der Waals surface area (Å²) in [6, 6.07) is 18.8. The molecule has 27 heavy (non-hydrogen) atoms. The standard InChI is InChI=1S/C19H15N5O2S/c25-18(26-12-14-6-2-1-3-7-14)13-27-17-10-9-16-21-22-19(24(16)23-17)15-8-4-5-11-20-15/h1-11H,12-13H2. The van der Waals surface area contributed by atoms with Gasteiger partial charge in [0.2, 0.25) is 5.82 Å². The van der Waals surface area contributed by atoms with Crippen molar-refractivity contribution < 1.29 is 9.53 Å². The summed E-state index contributed by atoms with van der Waals surface area (Å²) in [5.41, 5.74) is 2.26. The molecule has 1 aromatic carbocycles. The lowest BCUT2D eigenvalue weighted by Crippen LogP contribution is -2.07. The van der Waals surface area contributed by atoms with Crippen LogP contribution in [-0.4, -0.2) is 36.5 Å². The van der Waals surface area contributed by atoms with Crippen molar-refractivity contribution >= 4 is 23.4 Å². The number of pyridine rings is 1. The van der Waals surface area contributed by atoms with Crippen LogP contribution in [0, 0.1) is 0 Å². The van der Waals surface area contributed by atoms with Gasteiger partial charge in [0, 0.05) is 6.20 Å². The number of esters is 1. The molecule has 0 saturated carbocycles. The quantitative estimate of drug-likeness (QED) is 0.377. The Balaban J connectivity index is 1.42. The molecule has 0 N–H and O–H groups in total. The SMILES string of the molecule is O=C(CSc1ccc2nnc(-c3ccccn3)n2n1)OCc1ccccc1. The molecule has 3 heterocycles. The molecule has 0 spiro atoms. The molecule has 0 atom stereocenters. The van der Waals surface area contributed by atoms with Gasteiger partial charge in [0.25, 0.3) is 0 Å². The number of carbonyl (C=O) groups is 1. The Bertz CT molecular complexity index is 1050. The minimum atomic E-state index is -0.292. The summed E-state index contributed by atoms with van der Waals surface area (Å²) < 4.78 is 6.91. The van der Waals surface area contributed by atoms with E-state index in [1.165, 1.54) is 11.8 Å². The number of carbonyl (C=O) groups excluding carboxylic acids is 1. The molecule has 0 aliphatic heterocycles. The van der Waals surface area contributed by atoms with Gasteiger partial charge >= 0.3 is 5.97 Å². The summed E-state index contributed by atoms with van der Waals surface area (Å²) in [5.74, 6) is 0.436.